The lowest BCUT2D eigenvalue weighted by molar-refractivity contribution is 0.628. The standard InChI is InChI=1S/C17H11ClFN3O2S/c18-13-9-10(19)8-12(15(13)20)11-4-3-7-22(16(11)24)17(25)21-6-2-1-5-14(21)23/h1-9H,20H2. The highest BCUT2D eigenvalue weighted by Gasteiger charge is 2.15. The molecule has 8 heteroatoms. The Morgan fingerprint density at radius 3 is 2.48 bits per heavy atom. The molecule has 0 saturated carbocycles. The highest BCUT2D eigenvalue weighted by atomic mass is 35.5. The van der Waals surface area contributed by atoms with Gasteiger partial charge in [0.05, 0.1) is 10.7 Å². The molecule has 3 rings (SSSR count). The second kappa shape index (κ2) is 6.62. The van der Waals surface area contributed by atoms with Crippen molar-refractivity contribution in [3.63, 3.8) is 0 Å². The molecule has 0 aliphatic heterocycles. The minimum atomic E-state index is -0.620. The van der Waals surface area contributed by atoms with Crippen molar-refractivity contribution in [1.82, 2.24) is 9.13 Å². The van der Waals surface area contributed by atoms with Gasteiger partial charge >= 0.3 is 0 Å². The van der Waals surface area contributed by atoms with Gasteiger partial charge in [0.2, 0.25) is 0 Å². The summed E-state index contributed by atoms with van der Waals surface area (Å²) in [5, 5.41) is -0.0230. The second-order valence-corrected chi connectivity index (χ2v) is 5.91. The lowest BCUT2D eigenvalue weighted by Crippen LogP contribution is -2.36. The zero-order valence-corrected chi connectivity index (χ0v) is 14.2. The van der Waals surface area contributed by atoms with Crippen LogP contribution in [-0.4, -0.2) is 14.2 Å². The first kappa shape index (κ1) is 17.1. The first-order valence-corrected chi connectivity index (χ1v) is 7.87. The first-order valence-electron chi connectivity index (χ1n) is 7.09. The van der Waals surface area contributed by atoms with Crippen LogP contribution in [0.1, 0.15) is 0 Å². The Hall–Kier alpha value is -2.77. The van der Waals surface area contributed by atoms with Gasteiger partial charge in [0.15, 0.2) is 5.11 Å². The molecule has 2 N–H and O–H groups in total. The molecule has 2 aromatic heterocycles. The number of rotatable bonds is 1. The summed E-state index contributed by atoms with van der Waals surface area (Å²) in [6.45, 7) is 0. The number of halogens is 2. The molecule has 0 unspecified atom stereocenters. The molecule has 5 nitrogen and oxygen atoms in total. The van der Waals surface area contributed by atoms with Gasteiger partial charge in [-0.3, -0.25) is 18.7 Å². The maximum absolute atomic E-state index is 13.7. The van der Waals surface area contributed by atoms with E-state index in [0.717, 1.165) is 21.3 Å². The molecule has 25 heavy (non-hydrogen) atoms. The van der Waals surface area contributed by atoms with Crippen molar-refractivity contribution < 1.29 is 4.39 Å². The smallest absolute Gasteiger partial charge is 0.264 e. The fourth-order valence-electron chi connectivity index (χ4n) is 2.36. The van der Waals surface area contributed by atoms with Crippen molar-refractivity contribution in [2.75, 3.05) is 5.73 Å². The summed E-state index contributed by atoms with van der Waals surface area (Å²) >= 11 is 11.1. The third-order valence-corrected chi connectivity index (χ3v) is 4.27. The van der Waals surface area contributed by atoms with Gasteiger partial charge in [0, 0.05) is 29.6 Å². The average Bonchev–Trinajstić information content (AvgIpc) is 2.58. The Morgan fingerprint density at radius 2 is 1.76 bits per heavy atom. The van der Waals surface area contributed by atoms with E-state index in [1.807, 2.05) is 0 Å². The molecule has 0 amide bonds. The van der Waals surface area contributed by atoms with Gasteiger partial charge in [-0.2, -0.15) is 0 Å². The molecule has 0 radical (unpaired) electrons. The quantitative estimate of drug-likeness (QED) is 0.524. The first-order chi connectivity index (χ1) is 11.9. The summed E-state index contributed by atoms with van der Waals surface area (Å²) in [7, 11) is 0. The Kier molecular flexibility index (Phi) is 4.52. The van der Waals surface area contributed by atoms with E-state index in [9.17, 15) is 14.0 Å². The number of hydrogen-bond donors (Lipinski definition) is 1. The van der Waals surface area contributed by atoms with Gasteiger partial charge in [-0.05, 0) is 42.5 Å². The minimum absolute atomic E-state index is 0.00617. The van der Waals surface area contributed by atoms with Crippen molar-refractivity contribution >= 4 is 34.6 Å². The second-order valence-electron chi connectivity index (χ2n) is 5.14. The number of aromatic nitrogens is 2. The number of hydrogen-bond acceptors (Lipinski definition) is 4. The molecule has 0 aliphatic carbocycles. The van der Waals surface area contributed by atoms with Gasteiger partial charge < -0.3 is 5.73 Å². The zero-order valence-electron chi connectivity index (χ0n) is 12.6. The van der Waals surface area contributed by atoms with E-state index in [4.69, 9.17) is 29.6 Å². The van der Waals surface area contributed by atoms with Crippen molar-refractivity contribution in [3.05, 3.63) is 86.4 Å². The monoisotopic (exact) mass is 375 g/mol. The topological polar surface area (TPSA) is 70.0 Å². The van der Waals surface area contributed by atoms with Gasteiger partial charge in [-0.25, -0.2) is 4.39 Å². The summed E-state index contributed by atoms with van der Waals surface area (Å²) in [6, 6.07) is 9.73. The Morgan fingerprint density at radius 1 is 1.04 bits per heavy atom. The number of pyridine rings is 2. The summed E-state index contributed by atoms with van der Waals surface area (Å²) in [5.74, 6) is -0.620. The maximum atomic E-state index is 13.7. The number of thiocarbonyl (C=S) groups is 1. The van der Waals surface area contributed by atoms with Crippen LogP contribution >= 0.6 is 23.8 Å². The number of anilines is 1. The van der Waals surface area contributed by atoms with Crippen molar-refractivity contribution in [2.24, 2.45) is 0 Å². The van der Waals surface area contributed by atoms with E-state index >= 15 is 0 Å². The third-order valence-electron chi connectivity index (χ3n) is 3.57. The van der Waals surface area contributed by atoms with E-state index in [-0.39, 0.29) is 32.5 Å². The molecule has 2 heterocycles. The minimum Gasteiger partial charge on any atom is -0.397 e. The van der Waals surface area contributed by atoms with Crippen LogP contribution in [0.5, 0.6) is 0 Å². The van der Waals surface area contributed by atoms with Crippen molar-refractivity contribution in [1.29, 1.82) is 0 Å². The highest BCUT2D eigenvalue weighted by Crippen LogP contribution is 2.30. The van der Waals surface area contributed by atoms with E-state index < -0.39 is 11.4 Å². The van der Waals surface area contributed by atoms with Gasteiger partial charge in [0.1, 0.15) is 5.82 Å². The fraction of sp³-hybridized carbons (Fsp3) is 0. The molecular formula is C17H11ClFN3O2S. The van der Waals surface area contributed by atoms with Gasteiger partial charge in [-0.15, -0.1) is 0 Å². The predicted molar refractivity (Wildman–Crippen MR) is 99.6 cm³/mol. The molecule has 1 aromatic carbocycles. The van der Waals surface area contributed by atoms with E-state index in [1.54, 1.807) is 18.2 Å². The van der Waals surface area contributed by atoms with Crippen LogP contribution in [-0.2, 0) is 0 Å². The number of nitrogens with two attached hydrogens (primary N) is 1. The normalized spacial score (nSPS) is 10.6. The van der Waals surface area contributed by atoms with Crippen LogP contribution in [0.2, 0.25) is 5.02 Å². The van der Waals surface area contributed by atoms with Crippen molar-refractivity contribution in [2.45, 2.75) is 0 Å². The van der Waals surface area contributed by atoms with E-state index in [1.165, 1.54) is 24.5 Å². The van der Waals surface area contributed by atoms with Crippen LogP contribution in [0, 0.1) is 5.82 Å². The summed E-state index contributed by atoms with van der Waals surface area (Å²) in [4.78, 5) is 24.7. The molecular weight excluding hydrogens is 365 g/mol. The van der Waals surface area contributed by atoms with Crippen molar-refractivity contribution in [3.8, 4) is 11.1 Å². The Balaban J connectivity index is 2.21. The molecule has 0 spiro atoms. The van der Waals surface area contributed by atoms with Gasteiger partial charge in [0.25, 0.3) is 11.1 Å². The summed E-state index contributed by atoms with van der Waals surface area (Å²) < 4.78 is 16.0. The predicted octanol–water partition coefficient (Wildman–Crippen LogP) is 2.73. The lowest BCUT2D eigenvalue weighted by Gasteiger charge is -2.12. The Labute approximate surface area is 151 Å². The lowest BCUT2D eigenvalue weighted by atomic mass is 10.1. The number of nitrogens with zero attached hydrogens (tertiary/aromatic N) is 2. The van der Waals surface area contributed by atoms with Crippen LogP contribution in [0.25, 0.3) is 11.1 Å². The third kappa shape index (κ3) is 3.11. The van der Waals surface area contributed by atoms with Crippen LogP contribution in [0.4, 0.5) is 10.1 Å². The van der Waals surface area contributed by atoms with E-state index in [0.29, 0.717) is 0 Å². The van der Waals surface area contributed by atoms with Crippen LogP contribution in [0.15, 0.2) is 64.4 Å². The molecule has 0 bridgehead atoms. The maximum Gasteiger partial charge on any atom is 0.264 e. The Bertz CT molecular complexity index is 1110. The molecule has 0 saturated heterocycles. The largest absolute Gasteiger partial charge is 0.397 e. The number of benzene rings is 1. The molecule has 0 fully saturated rings. The molecule has 3 aromatic rings. The number of nitrogen functional groups attached to an aromatic ring is 1. The molecule has 0 atom stereocenters. The fourth-order valence-corrected chi connectivity index (χ4v) is 2.86. The summed E-state index contributed by atoms with van der Waals surface area (Å²) in [5.41, 5.74) is 5.32. The SMILES string of the molecule is Nc1c(Cl)cc(F)cc1-c1cccn(C(=S)n2ccccc2=O)c1=O. The van der Waals surface area contributed by atoms with E-state index in [2.05, 4.69) is 0 Å². The molecule has 126 valence electrons. The van der Waals surface area contributed by atoms with Crippen LogP contribution in [0.3, 0.4) is 0 Å². The highest BCUT2D eigenvalue weighted by molar-refractivity contribution is 7.80. The average molecular weight is 376 g/mol. The van der Waals surface area contributed by atoms with Crippen LogP contribution < -0.4 is 16.9 Å². The zero-order chi connectivity index (χ0) is 18.1. The summed E-state index contributed by atoms with van der Waals surface area (Å²) in [6.07, 6.45) is 2.88. The van der Waals surface area contributed by atoms with Gasteiger partial charge in [-0.1, -0.05) is 17.7 Å². The molecule has 0 aliphatic rings.